The second-order valence-electron chi connectivity index (χ2n) is 6.17. The van der Waals surface area contributed by atoms with E-state index in [2.05, 4.69) is 10.2 Å². The predicted octanol–water partition coefficient (Wildman–Crippen LogP) is 1.16. The highest BCUT2D eigenvalue weighted by atomic mass is 32.2. The molecular formula is C14H24N4O3S. The van der Waals surface area contributed by atoms with Gasteiger partial charge in [0.2, 0.25) is 20.9 Å². The highest BCUT2D eigenvalue weighted by molar-refractivity contribution is 7.91. The van der Waals surface area contributed by atoms with Gasteiger partial charge in [0.25, 0.3) is 0 Å². The average molecular weight is 328 g/mol. The summed E-state index contributed by atoms with van der Waals surface area (Å²) in [5.41, 5.74) is 0. The Bertz CT molecular complexity index is 618. The Morgan fingerprint density at radius 3 is 2.50 bits per heavy atom. The lowest BCUT2D eigenvalue weighted by molar-refractivity contribution is -0.133. The molecule has 1 amide bonds. The van der Waals surface area contributed by atoms with E-state index in [-0.39, 0.29) is 23.1 Å². The van der Waals surface area contributed by atoms with Gasteiger partial charge in [0.05, 0.1) is 0 Å². The lowest BCUT2D eigenvalue weighted by Crippen LogP contribution is -2.48. The second kappa shape index (κ2) is 6.76. The number of sulfone groups is 1. The molecule has 1 aromatic rings. The van der Waals surface area contributed by atoms with Crippen LogP contribution >= 0.6 is 0 Å². The van der Waals surface area contributed by atoms with Crippen LogP contribution in [0.4, 0.5) is 0 Å². The molecule has 0 aromatic carbocycles. The predicted molar refractivity (Wildman–Crippen MR) is 81.9 cm³/mol. The molecule has 1 saturated carbocycles. The number of amides is 1. The zero-order chi connectivity index (χ0) is 16.3. The minimum absolute atomic E-state index is 0.00898. The zero-order valence-electron chi connectivity index (χ0n) is 13.4. The molecule has 1 aliphatic carbocycles. The number of carbonyl (C=O) groups is 1. The van der Waals surface area contributed by atoms with Gasteiger partial charge in [-0.3, -0.25) is 4.79 Å². The van der Waals surface area contributed by atoms with Crippen LogP contribution in [0.5, 0.6) is 0 Å². The number of nitrogens with zero attached hydrogens (tertiary/aromatic N) is 4. The summed E-state index contributed by atoms with van der Waals surface area (Å²) in [6, 6.07) is 0.140. The zero-order valence-corrected chi connectivity index (χ0v) is 14.2. The summed E-state index contributed by atoms with van der Waals surface area (Å²) in [6.45, 7) is 3.86. The molecule has 0 atom stereocenters. The van der Waals surface area contributed by atoms with Gasteiger partial charge in [0.1, 0.15) is 12.1 Å². The first-order chi connectivity index (χ1) is 10.3. The van der Waals surface area contributed by atoms with E-state index in [4.69, 9.17) is 0 Å². The van der Waals surface area contributed by atoms with E-state index in [0.717, 1.165) is 25.7 Å². The van der Waals surface area contributed by atoms with Crippen LogP contribution in [0.3, 0.4) is 0 Å². The topological polar surface area (TPSA) is 85.2 Å². The highest BCUT2D eigenvalue weighted by Crippen LogP contribution is 2.25. The Kier molecular flexibility index (Phi) is 5.20. The summed E-state index contributed by atoms with van der Waals surface area (Å²) in [5, 5.41) is 7.03. The molecule has 2 rings (SSSR count). The first-order valence-corrected chi connectivity index (χ1v) is 9.36. The lowest BCUT2D eigenvalue weighted by atomic mass is 9.93. The molecule has 1 heterocycles. The smallest absolute Gasteiger partial charge is 0.249 e. The first-order valence-electron chi connectivity index (χ1n) is 7.71. The molecular weight excluding hydrogens is 304 g/mol. The van der Waals surface area contributed by atoms with E-state index in [1.165, 1.54) is 17.3 Å². The highest BCUT2D eigenvalue weighted by Gasteiger charge is 2.32. The van der Waals surface area contributed by atoms with E-state index in [9.17, 15) is 13.2 Å². The first kappa shape index (κ1) is 16.9. The number of hydrogen-bond donors (Lipinski definition) is 0. The molecule has 8 heteroatoms. The number of aryl methyl sites for hydroxylation is 1. The van der Waals surface area contributed by atoms with Gasteiger partial charge < -0.3 is 9.47 Å². The molecule has 124 valence electrons. The summed E-state index contributed by atoms with van der Waals surface area (Å²) in [7, 11) is -2.21. The molecule has 0 bridgehead atoms. The van der Waals surface area contributed by atoms with Gasteiger partial charge in [0, 0.05) is 19.1 Å². The van der Waals surface area contributed by atoms with Crippen LogP contribution in [-0.4, -0.2) is 51.8 Å². The van der Waals surface area contributed by atoms with Crippen LogP contribution in [0.2, 0.25) is 0 Å². The van der Waals surface area contributed by atoms with Gasteiger partial charge in [0.15, 0.2) is 0 Å². The maximum absolute atomic E-state index is 12.6. The van der Waals surface area contributed by atoms with Crippen molar-refractivity contribution in [2.24, 2.45) is 7.05 Å². The largest absolute Gasteiger partial charge is 0.336 e. The Hall–Kier alpha value is -1.44. The van der Waals surface area contributed by atoms with Gasteiger partial charge in [-0.15, -0.1) is 10.2 Å². The quantitative estimate of drug-likeness (QED) is 0.809. The van der Waals surface area contributed by atoms with Crippen LogP contribution in [-0.2, 0) is 21.7 Å². The normalized spacial score (nSPS) is 16.9. The Balaban J connectivity index is 2.16. The Morgan fingerprint density at radius 2 is 2.00 bits per heavy atom. The van der Waals surface area contributed by atoms with Gasteiger partial charge in [-0.25, -0.2) is 8.42 Å². The fraction of sp³-hybridized carbons (Fsp3) is 0.786. The average Bonchev–Trinajstić information content (AvgIpc) is 2.86. The third kappa shape index (κ3) is 3.66. The van der Waals surface area contributed by atoms with Crippen molar-refractivity contribution in [1.29, 1.82) is 0 Å². The second-order valence-corrected chi connectivity index (χ2v) is 8.05. The van der Waals surface area contributed by atoms with E-state index in [1.807, 2.05) is 13.8 Å². The lowest BCUT2D eigenvalue weighted by Gasteiger charge is -2.37. The van der Waals surface area contributed by atoms with Crippen molar-refractivity contribution < 1.29 is 13.2 Å². The number of rotatable bonds is 5. The summed E-state index contributed by atoms with van der Waals surface area (Å²) >= 11 is 0. The molecule has 0 spiro atoms. The molecule has 0 N–H and O–H groups in total. The van der Waals surface area contributed by atoms with Crippen molar-refractivity contribution in [3.05, 3.63) is 6.33 Å². The van der Waals surface area contributed by atoms with Crippen LogP contribution in [0.1, 0.15) is 46.0 Å². The van der Waals surface area contributed by atoms with Gasteiger partial charge in [-0.2, -0.15) is 0 Å². The third-order valence-electron chi connectivity index (χ3n) is 4.07. The number of hydrogen-bond acceptors (Lipinski definition) is 5. The third-order valence-corrected chi connectivity index (χ3v) is 5.63. The summed E-state index contributed by atoms with van der Waals surface area (Å²) in [5.74, 6) is -0.890. The molecule has 0 unspecified atom stereocenters. The minimum atomic E-state index is -3.77. The van der Waals surface area contributed by atoms with Crippen molar-refractivity contribution in [3.63, 3.8) is 0 Å². The van der Waals surface area contributed by atoms with Crippen LogP contribution in [0.15, 0.2) is 11.5 Å². The fourth-order valence-electron chi connectivity index (χ4n) is 3.13. The minimum Gasteiger partial charge on any atom is -0.336 e. The standard InChI is InChI=1S/C14H24N4O3S/c1-11(2)18(12-7-5-4-6-8-12)13(19)9-22(20,21)14-16-15-10-17(14)3/h10-12H,4-9H2,1-3H3. The molecule has 1 aliphatic rings. The van der Waals surface area contributed by atoms with E-state index in [0.29, 0.717) is 0 Å². The van der Waals surface area contributed by atoms with Crippen molar-refractivity contribution in [2.75, 3.05) is 5.75 Å². The Labute approximate surface area is 131 Å². The molecule has 0 saturated heterocycles. The maximum Gasteiger partial charge on any atom is 0.249 e. The molecule has 7 nitrogen and oxygen atoms in total. The van der Waals surface area contributed by atoms with E-state index in [1.54, 1.807) is 11.9 Å². The van der Waals surface area contributed by atoms with Crippen molar-refractivity contribution in [2.45, 2.75) is 63.2 Å². The summed E-state index contributed by atoms with van der Waals surface area (Å²) in [6.07, 6.45) is 6.60. The summed E-state index contributed by atoms with van der Waals surface area (Å²) < 4.78 is 26.0. The molecule has 0 aliphatic heterocycles. The summed E-state index contributed by atoms with van der Waals surface area (Å²) in [4.78, 5) is 14.3. The monoisotopic (exact) mass is 328 g/mol. The van der Waals surface area contributed by atoms with Crippen molar-refractivity contribution >= 4 is 15.7 Å². The van der Waals surface area contributed by atoms with Crippen molar-refractivity contribution in [1.82, 2.24) is 19.7 Å². The van der Waals surface area contributed by atoms with Gasteiger partial charge in [-0.05, 0) is 26.7 Å². The Morgan fingerprint density at radius 1 is 1.36 bits per heavy atom. The maximum atomic E-state index is 12.6. The number of aromatic nitrogens is 3. The molecule has 0 radical (unpaired) electrons. The molecule has 1 aromatic heterocycles. The van der Waals surface area contributed by atoms with Gasteiger partial charge in [-0.1, -0.05) is 19.3 Å². The molecule has 1 fully saturated rings. The van der Waals surface area contributed by atoms with Crippen LogP contribution in [0.25, 0.3) is 0 Å². The van der Waals surface area contributed by atoms with Crippen LogP contribution in [0, 0.1) is 0 Å². The molecule has 22 heavy (non-hydrogen) atoms. The van der Waals surface area contributed by atoms with E-state index < -0.39 is 15.6 Å². The fourth-order valence-corrected chi connectivity index (χ4v) is 4.39. The van der Waals surface area contributed by atoms with Crippen LogP contribution < -0.4 is 0 Å². The SMILES string of the molecule is CC(C)N(C(=O)CS(=O)(=O)c1nncn1C)C1CCCCC1. The van der Waals surface area contributed by atoms with E-state index >= 15 is 0 Å². The number of carbonyl (C=O) groups excluding carboxylic acids is 1. The van der Waals surface area contributed by atoms with Gasteiger partial charge >= 0.3 is 0 Å². The van der Waals surface area contributed by atoms with Crippen molar-refractivity contribution in [3.8, 4) is 0 Å².